The van der Waals surface area contributed by atoms with Gasteiger partial charge in [-0.25, -0.2) is 9.97 Å². The summed E-state index contributed by atoms with van der Waals surface area (Å²) in [6.45, 7) is 6.27. The van der Waals surface area contributed by atoms with Gasteiger partial charge in [-0.05, 0) is 49.6 Å². The van der Waals surface area contributed by atoms with Crippen LogP contribution in [0.2, 0.25) is 0 Å². The molecule has 80 valence electrons. The highest BCUT2D eigenvalue weighted by Crippen LogP contribution is 2.20. The molecule has 16 heavy (non-hydrogen) atoms. The number of rotatable bonds is 0. The van der Waals surface area contributed by atoms with Crippen LogP contribution in [0.4, 0.5) is 0 Å². The summed E-state index contributed by atoms with van der Waals surface area (Å²) in [5, 5.41) is 0. The van der Waals surface area contributed by atoms with Crippen molar-refractivity contribution in [3.63, 3.8) is 0 Å². The number of aryl methyl sites for hydroxylation is 3. The van der Waals surface area contributed by atoms with Gasteiger partial charge in [0.15, 0.2) is 0 Å². The van der Waals surface area contributed by atoms with E-state index >= 15 is 0 Å². The van der Waals surface area contributed by atoms with E-state index in [1.165, 1.54) is 11.1 Å². The maximum absolute atomic E-state index is 4.51. The van der Waals surface area contributed by atoms with Crippen molar-refractivity contribution in [2.45, 2.75) is 20.8 Å². The SMILES string of the molecule is Cc1cnc2nc3cc(C)c(C)cc3n2c1. The molecule has 2 aromatic heterocycles. The molecule has 0 N–H and O–H groups in total. The third-order valence-corrected chi connectivity index (χ3v) is 3.00. The summed E-state index contributed by atoms with van der Waals surface area (Å²) in [5.41, 5.74) is 5.85. The summed E-state index contributed by atoms with van der Waals surface area (Å²) in [7, 11) is 0. The first-order valence-electron chi connectivity index (χ1n) is 5.37. The van der Waals surface area contributed by atoms with Crippen molar-refractivity contribution >= 4 is 16.8 Å². The number of nitrogens with zero attached hydrogens (tertiary/aromatic N) is 3. The molecule has 0 unspecified atom stereocenters. The van der Waals surface area contributed by atoms with Gasteiger partial charge in [-0.3, -0.25) is 4.40 Å². The fraction of sp³-hybridized carbons (Fsp3) is 0.231. The highest BCUT2D eigenvalue weighted by atomic mass is 15.1. The van der Waals surface area contributed by atoms with Gasteiger partial charge in [-0.1, -0.05) is 0 Å². The molecule has 0 aliphatic carbocycles. The first-order valence-corrected chi connectivity index (χ1v) is 5.37. The predicted octanol–water partition coefficient (Wildman–Crippen LogP) is 2.81. The van der Waals surface area contributed by atoms with Crippen molar-refractivity contribution < 1.29 is 0 Å². The molecule has 0 aliphatic heterocycles. The number of hydrogen-bond donors (Lipinski definition) is 0. The molecule has 0 saturated carbocycles. The zero-order valence-electron chi connectivity index (χ0n) is 9.65. The maximum Gasteiger partial charge on any atom is 0.234 e. The average Bonchev–Trinajstić information content (AvgIpc) is 2.57. The van der Waals surface area contributed by atoms with Crippen LogP contribution in [0.15, 0.2) is 24.5 Å². The van der Waals surface area contributed by atoms with E-state index in [0.717, 1.165) is 22.4 Å². The normalized spacial score (nSPS) is 11.4. The molecule has 0 saturated heterocycles. The van der Waals surface area contributed by atoms with E-state index in [1.54, 1.807) is 0 Å². The van der Waals surface area contributed by atoms with E-state index in [2.05, 4.69) is 46.5 Å². The van der Waals surface area contributed by atoms with E-state index in [1.807, 2.05) is 13.1 Å². The third kappa shape index (κ3) is 1.21. The first-order chi connectivity index (χ1) is 7.65. The van der Waals surface area contributed by atoms with Crippen LogP contribution in [0.5, 0.6) is 0 Å². The molecule has 3 nitrogen and oxygen atoms in total. The smallest absolute Gasteiger partial charge is 0.234 e. The number of aromatic nitrogens is 3. The molecule has 0 bridgehead atoms. The van der Waals surface area contributed by atoms with Crippen LogP contribution < -0.4 is 0 Å². The molecular weight excluding hydrogens is 198 g/mol. The Morgan fingerprint density at radius 2 is 1.81 bits per heavy atom. The maximum atomic E-state index is 4.51. The minimum absolute atomic E-state index is 0.769. The van der Waals surface area contributed by atoms with Gasteiger partial charge in [-0.15, -0.1) is 0 Å². The molecule has 3 heteroatoms. The molecular formula is C13H13N3. The Bertz CT molecular complexity index is 695. The van der Waals surface area contributed by atoms with E-state index in [4.69, 9.17) is 0 Å². The van der Waals surface area contributed by atoms with E-state index in [9.17, 15) is 0 Å². The van der Waals surface area contributed by atoms with Crippen molar-refractivity contribution in [2.24, 2.45) is 0 Å². The minimum atomic E-state index is 0.769. The Morgan fingerprint density at radius 1 is 1.06 bits per heavy atom. The van der Waals surface area contributed by atoms with Gasteiger partial charge >= 0.3 is 0 Å². The van der Waals surface area contributed by atoms with E-state index in [-0.39, 0.29) is 0 Å². The lowest BCUT2D eigenvalue weighted by Gasteiger charge is -2.00. The summed E-state index contributed by atoms with van der Waals surface area (Å²) < 4.78 is 2.05. The minimum Gasteiger partial charge on any atom is -0.283 e. The molecule has 3 aromatic rings. The zero-order chi connectivity index (χ0) is 11.3. The summed E-state index contributed by atoms with van der Waals surface area (Å²) in [6.07, 6.45) is 3.92. The van der Waals surface area contributed by atoms with Gasteiger partial charge in [0, 0.05) is 12.4 Å². The van der Waals surface area contributed by atoms with Gasteiger partial charge < -0.3 is 0 Å². The fourth-order valence-electron chi connectivity index (χ4n) is 1.95. The fourth-order valence-corrected chi connectivity index (χ4v) is 1.95. The lowest BCUT2D eigenvalue weighted by Crippen LogP contribution is -1.89. The number of benzene rings is 1. The van der Waals surface area contributed by atoms with Crippen molar-refractivity contribution in [3.8, 4) is 0 Å². The second-order valence-electron chi connectivity index (χ2n) is 4.34. The Balaban J connectivity index is 2.53. The topological polar surface area (TPSA) is 30.2 Å². The number of imidazole rings is 1. The van der Waals surface area contributed by atoms with Crippen LogP contribution in [-0.4, -0.2) is 14.4 Å². The van der Waals surface area contributed by atoms with Crippen LogP contribution in [0, 0.1) is 20.8 Å². The van der Waals surface area contributed by atoms with Gasteiger partial charge in [-0.2, -0.15) is 0 Å². The largest absolute Gasteiger partial charge is 0.283 e. The number of hydrogen-bond acceptors (Lipinski definition) is 2. The summed E-state index contributed by atoms with van der Waals surface area (Å²) in [6, 6.07) is 4.29. The molecule has 0 aliphatic rings. The standard InChI is InChI=1S/C13H13N3/c1-8-6-14-13-15-11-4-9(2)10(3)5-12(11)16(13)7-8/h4-7H,1-3H3. The third-order valence-electron chi connectivity index (χ3n) is 3.00. The molecule has 0 spiro atoms. The van der Waals surface area contributed by atoms with Gasteiger partial charge in [0.1, 0.15) is 0 Å². The van der Waals surface area contributed by atoms with Crippen molar-refractivity contribution in [1.29, 1.82) is 0 Å². The lowest BCUT2D eigenvalue weighted by molar-refractivity contribution is 1.10. The Kier molecular flexibility index (Phi) is 1.78. The van der Waals surface area contributed by atoms with Crippen LogP contribution in [0.25, 0.3) is 16.8 Å². The second kappa shape index (κ2) is 3.04. The van der Waals surface area contributed by atoms with Crippen molar-refractivity contribution in [3.05, 3.63) is 41.2 Å². The molecule has 0 radical (unpaired) electrons. The molecule has 0 fully saturated rings. The molecule has 2 heterocycles. The van der Waals surface area contributed by atoms with Crippen LogP contribution in [-0.2, 0) is 0 Å². The molecule has 1 aromatic carbocycles. The summed E-state index contributed by atoms with van der Waals surface area (Å²) >= 11 is 0. The van der Waals surface area contributed by atoms with Crippen LogP contribution in [0.3, 0.4) is 0 Å². The predicted molar refractivity (Wildman–Crippen MR) is 64.7 cm³/mol. The molecule has 3 rings (SSSR count). The summed E-state index contributed by atoms with van der Waals surface area (Å²) in [5.74, 6) is 0.769. The van der Waals surface area contributed by atoms with Gasteiger partial charge in [0.05, 0.1) is 11.0 Å². The molecule has 0 amide bonds. The average molecular weight is 211 g/mol. The quantitative estimate of drug-likeness (QED) is 0.572. The summed E-state index contributed by atoms with van der Waals surface area (Å²) in [4.78, 5) is 8.84. The van der Waals surface area contributed by atoms with Crippen LogP contribution in [0.1, 0.15) is 16.7 Å². The molecule has 0 atom stereocenters. The Hall–Kier alpha value is -1.90. The van der Waals surface area contributed by atoms with Crippen LogP contribution >= 0.6 is 0 Å². The lowest BCUT2D eigenvalue weighted by atomic mass is 10.1. The highest BCUT2D eigenvalue weighted by molar-refractivity contribution is 5.81. The van der Waals surface area contributed by atoms with E-state index in [0.29, 0.717) is 0 Å². The Labute approximate surface area is 93.8 Å². The Morgan fingerprint density at radius 3 is 2.62 bits per heavy atom. The van der Waals surface area contributed by atoms with Crippen molar-refractivity contribution in [2.75, 3.05) is 0 Å². The number of fused-ring (bicyclic) bond motifs is 3. The highest BCUT2D eigenvalue weighted by Gasteiger charge is 2.06. The van der Waals surface area contributed by atoms with E-state index < -0.39 is 0 Å². The van der Waals surface area contributed by atoms with Crippen molar-refractivity contribution in [1.82, 2.24) is 14.4 Å². The second-order valence-corrected chi connectivity index (χ2v) is 4.34. The van der Waals surface area contributed by atoms with Gasteiger partial charge in [0.2, 0.25) is 5.78 Å². The monoisotopic (exact) mass is 211 g/mol. The van der Waals surface area contributed by atoms with Gasteiger partial charge in [0.25, 0.3) is 0 Å². The zero-order valence-corrected chi connectivity index (χ0v) is 9.65. The first kappa shape index (κ1) is 9.33.